The lowest BCUT2D eigenvalue weighted by Gasteiger charge is -2.44. The molecule has 2 aliphatic rings. The van der Waals surface area contributed by atoms with E-state index >= 15 is 4.39 Å². The number of carbonyl (C=O) groups is 1. The van der Waals surface area contributed by atoms with Crippen molar-refractivity contribution >= 4 is 45.1 Å². The van der Waals surface area contributed by atoms with E-state index in [0.29, 0.717) is 42.4 Å². The number of ether oxygens (including phenoxy) is 1. The molecule has 0 radical (unpaired) electrons. The van der Waals surface area contributed by atoms with Crippen LogP contribution in [0.25, 0.3) is 32.9 Å². The van der Waals surface area contributed by atoms with Gasteiger partial charge in [-0.15, -0.1) is 0 Å². The second-order valence-electron chi connectivity index (χ2n) is 12.0. The summed E-state index contributed by atoms with van der Waals surface area (Å²) in [6.45, 7) is 14.9. The van der Waals surface area contributed by atoms with Crippen LogP contribution in [0.1, 0.15) is 31.5 Å². The van der Waals surface area contributed by atoms with Crippen LogP contribution in [0.5, 0.6) is 6.01 Å². The molecule has 226 valence electrons. The first-order valence-corrected chi connectivity index (χ1v) is 15.1. The Labute approximate surface area is 255 Å². The van der Waals surface area contributed by atoms with Gasteiger partial charge >= 0.3 is 6.01 Å². The number of aromatic nitrogens is 4. The lowest BCUT2D eigenvalue weighted by atomic mass is 9.94. The van der Waals surface area contributed by atoms with Crippen molar-refractivity contribution in [1.82, 2.24) is 30.0 Å². The third-order valence-corrected chi connectivity index (χ3v) is 9.15. The molecule has 0 aliphatic carbocycles. The van der Waals surface area contributed by atoms with Gasteiger partial charge in [0.2, 0.25) is 5.91 Å². The maximum Gasteiger partial charge on any atom is 0.319 e. The minimum absolute atomic E-state index is 0.111. The molecular formula is C32H37ClFN7O2. The summed E-state index contributed by atoms with van der Waals surface area (Å²) in [5, 5.41) is 8.98. The van der Waals surface area contributed by atoms with Crippen LogP contribution < -0.4 is 9.64 Å². The maximum atomic E-state index is 16.9. The number of carbonyl (C=O) groups excluding carboxylic acids is 1. The molecule has 0 bridgehead atoms. The Morgan fingerprint density at radius 2 is 1.98 bits per heavy atom. The van der Waals surface area contributed by atoms with Crippen LogP contribution in [-0.2, 0) is 4.79 Å². The summed E-state index contributed by atoms with van der Waals surface area (Å²) in [5.74, 6) is 0.231. The number of nitrogens with one attached hydrogen (secondary N) is 1. The summed E-state index contributed by atoms with van der Waals surface area (Å²) in [5.41, 5.74) is 3.54. The Balaban J connectivity index is 1.51. The third kappa shape index (κ3) is 5.20. The molecule has 2 aliphatic heterocycles. The summed E-state index contributed by atoms with van der Waals surface area (Å²) < 4.78 is 23.1. The SMILES string of the molecule is C=CC(=O)N1C[C@H](C)N(c2nc(OC[C@@H]3CCN(C)C3)nc3c(F)c(-c4c(C)ccc5n[nH]c(C)c45)c(Cl)cc23)C[C@H]1C. The number of H-pyrrole nitrogens is 1. The lowest BCUT2D eigenvalue weighted by Crippen LogP contribution is -2.58. The molecule has 6 rings (SSSR count). The number of amides is 1. The van der Waals surface area contributed by atoms with Crippen molar-refractivity contribution in [2.45, 2.75) is 46.2 Å². The van der Waals surface area contributed by atoms with Gasteiger partial charge in [-0.25, -0.2) is 4.39 Å². The van der Waals surface area contributed by atoms with E-state index in [1.807, 2.05) is 39.8 Å². The molecule has 2 aromatic carbocycles. The Morgan fingerprint density at radius 1 is 1.19 bits per heavy atom. The molecule has 43 heavy (non-hydrogen) atoms. The van der Waals surface area contributed by atoms with E-state index in [9.17, 15) is 4.79 Å². The largest absolute Gasteiger partial charge is 0.463 e. The number of halogens is 2. The molecule has 0 saturated carbocycles. The number of hydrogen-bond donors (Lipinski definition) is 1. The average molecular weight is 606 g/mol. The highest BCUT2D eigenvalue weighted by atomic mass is 35.5. The van der Waals surface area contributed by atoms with Crippen molar-refractivity contribution in [2.75, 3.05) is 44.7 Å². The molecule has 4 aromatic rings. The van der Waals surface area contributed by atoms with Crippen LogP contribution in [0.3, 0.4) is 0 Å². The fraction of sp³-hybridized carbons (Fsp3) is 0.438. The first kappa shape index (κ1) is 29.3. The number of fused-ring (bicyclic) bond motifs is 2. The summed E-state index contributed by atoms with van der Waals surface area (Å²) in [6, 6.07) is 5.49. The van der Waals surface area contributed by atoms with Gasteiger partial charge in [0.25, 0.3) is 0 Å². The van der Waals surface area contributed by atoms with Gasteiger partial charge in [0.15, 0.2) is 5.82 Å². The predicted molar refractivity (Wildman–Crippen MR) is 168 cm³/mol. The maximum absolute atomic E-state index is 16.9. The van der Waals surface area contributed by atoms with Gasteiger partial charge in [0.1, 0.15) is 11.3 Å². The fourth-order valence-electron chi connectivity index (χ4n) is 6.56. The van der Waals surface area contributed by atoms with E-state index in [1.54, 1.807) is 11.0 Å². The van der Waals surface area contributed by atoms with E-state index in [-0.39, 0.29) is 40.1 Å². The van der Waals surface area contributed by atoms with E-state index in [1.165, 1.54) is 6.08 Å². The molecule has 0 spiro atoms. The summed E-state index contributed by atoms with van der Waals surface area (Å²) >= 11 is 6.95. The van der Waals surface area contributed by atoms with Crippen LogP contribution in [0.15, 0.2) is 30.9 Å². The minimum atomic E-state index is -0.533. The molecule has 9 nitrogen and oxygen atoms in total. The molecule has 4 heterocycles. The summed E-state index contributed by atoms with van der Waals surface area (Å²) in [6.07, 6.45) is 2.36. The van der Waals surface area contributed by atoms with Crippen molar-refractivity contribution < 1.29 is 13.9 Å². The first-order valence-electron chi connectivity index (χ1n) is 14.7. The normalized spacial score (nSPS) is 21.2. The van der Waals surface area contributed by atoms with Crippen molar-refractivity contribution in [1.29, 1.82) is 0 Å². The monoisotopic (exact) mass is 605 g/mol. The number of rotatable bonds is 6. The van der Waals surface area contributed by atoms with Gasteiger partial charge < -0.3 is 19.4 Å². The molecule has 2 aromatic heterocycles. The quantitative estimate of drug-likeness (QED) is 0.289. The second kappa shape index (κ2) is 11.4. The van der Waals surface area contributed by atoms with Crippen LogP contribution in [0.2, 0.25) is 5.02 Å². The Morgan fingerprint density at radius 3 is 2.70 bits per heavy atom. The number of nitrogens with zero attached hydrogens (tertiary/aromatic N) is 6. The number of hydrogen-bond acceptors (Lipinski definition) is 7. The summed E-state index contributed by atoms with van der Waals surface area (Å²) in [4.78, 5) is 28.2. The number of anilines is 1. The van der Waals surface area contributed by atoms with E-state index in [2.05, 4.69) is 38.6 Å². The van der Waals surface area contributed by atoms with Gasteiger partial charge in [-0.2, -0.15) is 15.1 Å². The van der Waals surface area contributed by atoms with Gasteiger partial charge in [-0.05, 0) is 71.5 Å². The molecule has 2 fully saturated rings. The fourth-order valence-corrected chi connectivity index (χ4v) is 6.85. The molecule has 0 unspecified atom stereocenters. The van der Waals surface area contributed by atoms with Crippen LogP contribution >= 0.6 is 11.6 Å². The minimum Gasteiger partial charge on any atom is -0.463 e. The molecule has 1 amide bonds. The van der Waals surface area contributed by atoms with Crippen molar-refractivity contribution in [3.63, 3.8) is 0 Å². The first-order chi connectivity index (χ1) is 20.6. The number of aromatic amines is 1. The highest BCUT2D eigenvalue weighted by Gasteiger charge is 2.34. The topological polar surface area (TPSA) is 90.5 Å². The lowest BCUT2D eigenvalue weighted by molar-refractivity contribution is -0.128. The zero-order valence-corrected chi connectivity index (χ0v) is 26.0. The van der Waals surface area contributed by atoms with Gasteiger partial charge in [-0.1, -0.05) is 24.2 Å². The number of likely N-dealkylation sites (tertiary alicyclic amines) is 1. The smallest absolute Gasteiger partial charge is 0.319 e. The molecular weight excluding hydrogens is 569 g/mol. The molecule has 11 heteroatoms. The molecule has 1 N–H and O–H groups in total. The second-order valence-corrected chi connectivity index (χ2v) is 12.5. The Kier molecular flexibility index (Phi) is 7.76. The van der Waals surface area contributed by atoms with E-state index in [0.717, 1.165) is 41.7 Å². The van der Waals surface area contributed by atoms with Gasteiger partial charge in [0, 0.05) is 65.2 Å². The number of benzene rings is 2. The van der Waals surface area contributed by atoms with Gasteiger partial charge in [0.05, 0.1) is 17.1 Å². The van der Waals surface area contributed by atoms with Crippen molar-refractivity contribution in [3.8, 4) is 17.1 Å². The zero-order valence-electron chi connectivity index (χ0n) is 25.2. The van der Waals surface area contributed by atoms with E-state index < -0.39 is 5.82 Å². The molecule has 3 atom stereocenters. The van der Waals surface area contributed by atoms with Crippen LogP contribution in [0, 0.1) is 25.6 Å². The van der Waals surface area contributed by atoms with Crippen LogP contribution in [-0.4, -0.2) is 87.8 Å². The van der Waals surface area contributed by atoms with Gasteiger partial charge in [-0.3, -0.25) is 9.89 Å². The predicted octanol–water partition coefficient (Wildman–Crippen LogP) is 5.52. The highest BCUT2D eigenvalue weighted by molar-refractivity contribution is 6.35. The number of aryl methyl sites for hydroxylation is 2. The summed E-state index contributed by atoms with van der Waals surface area (Å²) in [7, 11) is 2.09. The van der Waals surface area contributed by atoms with Crippen molar-refractivity contribution in [2.24, 2.45) is 5.92 Å². The average Bonchev–Trinajstić information content (AvgIpc) is 3.58. The standard InChI is InChI=1S/C32H37ClFN7O2/c1-7-25(42)40-13-19(4)41(14-18(40)3)31-22-12-23(33)28(26-17(2)8-9-24-27(26)20(5)37-38-24)29(34)30(22)35-32(36-31)43-16-21-10-11-39(6)15-21/h7-9,12,18-19,21H,1,10-11,13-16H2,2-6H3,(H,37,38)/t18-,19+,21-/m1/s1. The number of piperazine rings is 1. The van der Waals surface area contributed by atoms with Crippen molar-refractivity contribution in [3.05, 3.63) is 53.0 Å². The van der Waals surface area contributed by atoms with Crippen LogP contribution in [0.4, 0.5) is 10.2 Å². The Hall–Kier alpha value is -3.76. The Bertz CT molecular complexity index is 1740. The molecule has 2 saturated heterocycles. The third-order valence-electron chi connectivity index (χ3n) is 8.86. The van der Waals surface area contributed by atoms with E-state index in [4.69, 9.17) is 21.3 Å². The highest BCUT2D eigenvalue weighted by Crippen LogP contribution is 2.43. The zero-order chi connectivity index (χ0) is 30.6.